The van der Waals surface area contributed by atoms with Crippen LogP contribution in [0, 0.1) is 5.92 Å². The van der Waals surface area contributed by atoms with Crippen molar-refractivity contribution in [1.82, 2.24) is 9.47 Å². The van der Waals surface area contributed by atoms with Crippen LogP contribution in [0.15, 0.2) is 102 Å². The van der Waals surface area contributed by atoms with Gasteiger partial charge >= 0.3 is 0 Å². The summed E-state index contributed by atoms with van der Waals surface area (Å²) in [7, 11) is 0. The molecular formula is C36H34N4O3. The van der Waals surface area contributed by atoms with E-state index in [-0.39, 0.29) is 23.3 Å². The number of aromatic nitrogens is 1. The fraction of sp³-hybridized carbons (Fsp3) is 0.250. The molecule has 7 heteroatoms. The molecule has 7 rings (SSSR count). The van der Waals surface area contributed by atoms with Crippen LogP contribution in [0.2, 0.25) is 0 Å². The number of hydrogen-bond acceptors (Lipinski definition) is 4. The van der Waals surface area contributed by atoms with E-state index >= 15 is 0 Å². The Balaban J connectivity index is 1.18. The predicted molar refractivity (Wildman–Crippen MR) is 169 cm³/mol. The van der Waals surface area contributed by atoms with Crippen molar-refractivity contribution in [2.45, 2.75) is 31.8 Å². The number of pyridine rings is 1. The molecule has 1 aromatic heterocycles. The number of rotatable bonds is 5. The van der Waals surface area contributed by atoms with Gasteiger partial charge in [0, 0.05) is 62.0 Å². The molecule has 0 saturated carbocycles. The van der Waals surface area contributed by atoms with Gasteiger partial charge in [-0.15, -0.1) is 0 Å². The molecule has 3 aliphatic rings. The minimum absolute atomic E-state index is 0.0415. The monoisotopic (exact) mass is 570 g/mol. The molecule has 0 aliphatic carbocycles. The average Bonchev–Trinajstić information content (AvgIpc) is 3.04. The van der Waals surface area contributed by atoms with Gasteiger partial charge in [0.1, 0.15) is 0 Å². The quantitative estimate of drug-likeness (QED) is 0.330. The zero-order chi connectivity index (χ0) is 29.3. The van der Waals surface area contributed by atoms with Crippen LogP contribution >= 0.6 is 0 Å². The van der Waals surface area contributed by atoms with Gasteiger partial charge in [0.2, 0.25) is 5.91 Å². The molecule has 1 fully saturated rings. The van der Waals surface area contributed by atoms with Gasteiger partial charge in [-0.3, -0.25) is 14.4 Å². The Labute approximate surface area is 251 Å². The van der Waals surface area contributed by atoms with Gasteiger partial charge in [0.05, 0.1) is 11.4 Å². The number of carbonyl (C=O) groups excluding carboxylic acids is 2. The second-order valence-electron chi connectivity index (χ2n) is 11.8. The van der Waals surface area contributed by atoms with Gasteiger partial charge in [-0.25, -0.2) is 0 Å². The van der Waals surface area contributed by atoms with Crippen LogP contribution in [-0.4, -0.2) is 40.9 Å². The second kappa shape index (κ2) is 11.4. The number of carbonyl (C=O) groups is 2. The molecule has 7 nitrogen and oxygen atoms in total. The summed E-state index contributed by atoms with van der Waals surface area (Å²) >= 11 is 0. The fourth-order valence-electron chi connectivity index (χ4n) is 6.90. The first kappa shape index (κ1) is 27.0. The first-order valence-corrected chi connectivity index (χ1v) is 15.0. The minimum Gasteiger partial charge on any atom is -0.369 e. The van der Waals surface area contributed by atoms with E-state index in [1.165, 1.54) is 17.2 Å². The number of nitrogens with zero attached hydrogens (tertiary/aromatic N) is 3. The van der Waals surface area contributed by atoms with Gasteiger partial charge in [0.25, 0.3) is 11.5 Å². The van der Waals surface area contributed by atoms with Crippen molar-refractivity contribution in [3.8, 4) is 0 Å². The zero-order valence-electron chi connectivity index (χ0n) is 24.0. The van der Waals surface area contributed by atoms with Crippen molar-refractivity contribution < 1.29 is 9.59 Å². The number of nitrogens with one attached hydrogen (secondary N) is 1. The van der Waals surface area contributed by atoms with Gasteiger partial charge in [0.15, 0.2) is 0 Å². The predicted octanol–water partition coefficient (Wildman–Crippen LogP) is 5.32. The zero-order valence-corrected chi connectivity index (χ0v) is 24.0. The van der Waals surface area contributed by atoms with Crippen LogP contribution in [0.4, 0.5) is 11.4 Å². The SMILES string of the molecule is O=C(/C=C/c1ccccc1)Nc1cc(C(=O)N2CCc3ccccc3C2)ccc1N1C[C@H]2C[C@@H](C1)c1cccc(=O)n1C2. The van der Waals surface area contributed by atoms with E-state index in [9.17, 15) is 14.4 Å². The Morgan fingerprint density at radius 3 is 2.51 bits per heavy atom. The Bertz CT molecular complexity index is 1780. The van der Waals surface area contributed by atoms with Gasteiger partial charge in [-0.1, -0.05) is 60.7 Å². The number of amides is 2. The Hall–Kier alpha value is -4.91. The van der Waals surface area contributed by atoms with Crippen molar-refractivity contribution in [3.05, 3.63) is 135 Å². The molecule has 0 radical (unpaired) electrons. The molecular weight excluding hydrogens is 536 g/mol. The molecule has 3 aliphatic heterocycles. The van der Waals surface area contributed by atoms with Crippen LogP contribution in [0.1, 0.15) is 45.1 Å². The lowest BCUT2D eigenvalue weighted by molar-refractivity contribution is -0.111. The van der Waals surface area contributed by atoms with Crippen molar-refractivity contribution in [3.63, 3.8) is 0 Å². The third-order valence-electron chi connectivity index (χ3n) is 8.97. The summed E-state index contributed by atoms with van der Waals surface area (Å²) in [6.45, 7) is 3.44. The van der Waals surface area contributed by atoms with Gasteiger partial charge < -0.3 is 19.7 Å². The molecule has 4 heterocycles. The smallest absolute Gasteiger partial charge is 0.254 e. The first-order valence-electron chi connectivity index (χ1n) is 15.0. The average molecular weight is 571 g/mol. The highest BCUT2D eigenvalue weighted by Gasteiger charge is 2.35. The summed E-state index contributed by atoms with van der Waals surface area (Å²) in [4.78, 5) is 43.7. The maximum absolute atomic E-state index is 13.7. The summed E-state index contributed by atoms with van der Waals surface area (Å²) in [6, 6.07) is 29.2. The van der Waals surface area contributed by atoms with E-state index in [1.54, 1.807) is 12.1 Å². The standard InChI is InChI=1S/C36H34N4O3/c41-34(16-13-25-7-2-1-3-8-25)37-31-20-28(36(43)38-18-17-27-9-4-5-10-29(27)23-38)14-15-33(31)39-21-26-19-30(24-39)32-11-6-12-35(42)40(32)22-26/h1-16,20,26,30H,17-19,21-24H2,(H,37,41)/b16-13+/t26-,30+/m1/s1. The molecule has 1 N–H and O–H groups in total. The fourth-order valence-corrected chi connectivity index (χ4v) is 6.90. The van der Waals surface area contributed by atoms with Crippen LogP contribution in [0.25, 0.3) is 6.08 Å². The van der Waals surface area contributed by atoms with Crippen molar-refractivity contribution in [2.24, 2.45) is 5.92 Å². The minimum atomic E-state index is -0.254. The topological polar surface area (TPSA) is 74.7 Å². The first-order chi connectivity index (χ1) is 21.0. The van der Waals surface area contributed by atoms with Gasteiger partial charge in [-0.05, 0) is 65.8 Å². The van der Waals surface area contributed by atoms with Crippen LogP contribution in [0.3, 0.4) is 0 Å². The third kappa shape index (κ3) is 5.50. The van der Waals surface area contributed by atoms with E-state index in [4.69, 9.17) is 0 Å². The van der Waals surface area contributed by atoms with Gasteiger partial charge in [-0.2, -0.15) is 0 Å². The highest BCUT2D eigenvalue weighted by molar-refractivity contribution is 6.05. The van der Waals surface area contributed by atoms with Crippen LogP contribution in [0.5, 0.6) is 0 Å². The highest BCUT2D eigenvalue weighted by atomic mass is 16.2. The molecule has 2 atom stereocenters. The van der Waals surface area contributed by atoms with E-state index in [1.807, 2.05) is 76.2 Å². The number of fused-ring (bicyclic) bond motifs is 5. The van der Waals surface area contributed by atoms with Crippen molar-refractivity contribution in [2.75, 3.05) is 29.9 Å². The number of anilines is 2. The summed E-state index contributed by atoms with van der Waals surface area (Å²) in [6.07, 6.45) is 5.18. The van der Waals surface area contributed by atoms with E-state index in [2.05, 4.69) is 28.4 Å². The largest absolute Gasteiger partial charge is 0.369 e. The van der Waals surface area contributed by atoms with Crippen LogP contribution < -0.4 is 15.8 Å². The third-order valence-corrected chi connectivity index (χ3v) is 8.97. The molecule has 0 spiro atoms. The number of hydrogen-bond donors (Lipinski definition) is 1. The Morgan fingerprint density at radius 2 is 1.65 bits per heavy atom. The Kier molecular flexibility index (Phi) is 7.15. The second-order valence-corrected chi connectivity index (χ2v) is 11.8. The van der Waals surface area contributed by atoms with Crippen molar-refractivity contribution >= 4 is 29.3 Å². The lowest BCUT2D eigenvalue weighted by atomic mass is 9.83. The summed E-state index contributed by atoms with van der Waals surface area (Å²) in [5, 5.41) is 3.09. The van der Waals surface area contributed by atoms with E-state index < -0.39 is 0 Å². The number of benzene rings is 3. The normalized spacial score (nSPS) is 19.1. The molecule has 3 aromatic carbocycles. The summed E-state index contributed by atoms with van der Waals surface area (Å²) in [5.74, 6) is 0.246. The van der Waals surface area contributed by atoms with E-state index in [0.717, 1.165) is 42.9 Å². The number of piperidine rings is 1. The molecule has 4 aromatic rings. The summed E-state index contributed by atoms with van der Waals surface area (Å²) < 4.78 is 1.92. The lowest BCUT2D eigenvalue weighted by Gasteiger charge is -2.44. The maximum atomic E-state index is 13.7. The Morgan fingerprint density at radius 1 is 0.837 bits per heavy atom. The van der Waals surface area contributed by atoms with Crippen LogP contribution in [-0.2, 0) is 24.3 Å². The summed E-state index contributed by atoms with van der Waals surface area (Å²) in [5.41, 5.74) is 6.60. The van der Waals surface area contributed by atoms with E-state index in [0.29, 0.717) is 36.8 Å². The highest BCUT2D eigenvalue weighted by Crippen LogP contribution is 2.39. The maximum Gasteiger partial charge on any atom is 0.254 e. The lowest BCUT2D eigenvalue weighted by Crippen LogP contribution is -2.47. The molecule has 43 heavy (non-hydrogen) atoms. The molecule has 2 amide bonds. The van der Waals surface area contributed by atoms with Crippen molar-refractivity contribution in [1.29, 1.82) is 0 Å². The molecule has 1 saturated heterocycles. The molecule has 2 bridgehead atoms. The molecule has 216 valence electrons. The molecule has 0 unspecified atom stereocenters.